The van der Waals surface area contributed by atoms with Crippen LogP contribution in [0.1, 0.15) is 47.1 Å². The van der Waals surface area contributed by atoms with Crippen molar-refractivity contribution >= 4 is 17.4 Å². The van der Waals surface area contributed by atoms with E-state index in [4.69, 9.17) is 4.74 Å². The number of carbonyl (C=O) groups excluding carboxylic acids is 2. The average Bonchev–Trinajstić information content (AvgIpc) is 3.12. The first-order chi connectivity index (χ1) is 13.8. The molecule has 6 heteroatoms. The SMILES string of the molecule is Cc1cc(OCC(=O)Nc2ccc(C(=O)c3nccn3C)cc2)ccc1C(C)C. The molecule has 0 saturated carbocycles. The highest BCUT2D eigenvalue weighted by atomic mass is 16.5. The molecule has 2 aromatic carbocycles. The zero-order valence-corrected chi connectivity index (χ0v) is 17.1. The maximum Gasteiger partial charge on any atom is 0.262 e. The Balaban J connectivity index is 1.56. The summed E-state index contributed by atoms with van der Waals surface area (Å²) in [7, 11) is 1.77. The van der Waals surface area contributed by atoms with Crippen molar-refractivity contribution in [3.8, 4) is 5.75 Å². The van der Waals surface area contributed by atoms with E-state index in [2.05, 4.69) is 24.1 Å². The van der Waals surface area contributed by atoms with Gasteiger partial charge in [0.2, 0.25) is 5.78 Å². The zero-order valence-electron chi connectivity index (χ0n) is 17.1. The second-order valence-electron chi connectivity index (χ2n) is 7.28. The van der Waals surface area contributed by atoms with E-state index in [0.29, 0.717) is 28.7 Å². The van der Waals surface area contributed by atoms with Gasteiger partial charge in [0.05, 0.1) is 0 Å². The monoisotopic (exact) mass is 391 g/mol. The summed E-state index contributed by atoms with van der Waals surface area (Å²) >= 11 is 0. The number of amides is 1. The van der Waals surface area contributed by atoms with Gasteiger partial charge in [-0.1, -0.05) is 19.9 Å². The summed E-state index contributed by atoms with van der Waals surface area (Å²) in [4.78, 5) is 28.7. The Hall–Kier alpha value is -3.41. The molecule has 0 saturated heterocycles. The minimum absolute atomic E-state index is 0.0889. The molecule has 6 nitrogen and oxygen atoms in total. The lowest BCUT2D eigenvalue weighted by atomic mass is 9.98. The molecule has 0 aliphatic carbocycles. The molecule has 0 unspecified atom stereocenters. The summed E-state index contributed by atoms with van der Waals surface area (Å²) in [5.74, 6) is 1.05. The van der Waals surface area contributed by atoms with Crippen LogP contribution in [0.2, 0.25) is 0 Å². The Kier molecular flexibility index (Phi) is 6.12. The van der Waals surface area contributed by atoms with Crippen LogP contribution in [0.25, 0.3) is 0 Å². The molecule has 1 N–H and O–H groups in total. The number of nitrogens with zero attached hydrogens (tertiary/aromatic N) is 2. The van der Waals surface area contributed by atoms with Gasteiger partial charge in [-0.05, 0) is 60.4 Å². The molecule has 0 bridgehead atoms. The number of benzene rings is 2. The number of carbonyl (C=O) groups is 2. The fourth-order valence-electron chi connectivity index (χ4n) is 3.15. The van der Waals surface area contributed by atoms with Crippen molar-refractivity contribution in [1.29, 1.82) is 0 Å². The number of ether oxygens (including phenoxy) is 1. The number of imidazole rings is 1. The lowest BCUT2D eigenvalue weighted by molar-refractivity contribution is -0.118. The number of anilines is 1. The summed E-state index contributed by atoms with van der Waals surface area (Å²) in [6.45, 7) is 6.24. The second kappa shape index (κ2) is 8.73. The minimum atomic E-state index is -0.265. The molecule has 0 fully saturated rings. The first-order valence-corrected chi connectivity index (χ1v) is 9.50. The van der Waals surface area contributed by atoms with Gasteiger partial charge in [-0.15, -0.1) is 0 Å². The lowest BCUT2D eigenvalue weighted by Crippen LogP contribution is -2.20. The van der Waals surface area contributed by atoms with Gasteiger partial charge in [0.15, 0.2) is 12.4 Å². The number of ketones is 1. The Morgan fingerprint density at radius 1 is 1.14 bits per heavy atom. The van der Waals surface area contributed by atoms with Gasteiger partial charge in [-0.25, -0.2) is 4.98 Å². The van der Waals surface area contributed by atoms with Crippen LogP contribution in [0.4, 0.5) is 5.69 Å². The molecule has 0 atom stereocenters. The number of rotatable bonds is 7. The summed E-state index contributed by atoms with van der Waals surface area (Å²) in [6, 6.07) is 12.6. The number of hydrogen-bond acceptors (Lipinski definition) is 4. The van der Waals surface area contributed by atoms with Gasteiger partial charge < -0.3 is 14.6 Å². The topological polar surface area (TPSA) is 73.2 Å². The molecule has 1 amide bonds. The van der Waals surface area contributed by atoms with Crippen molar-refractivity contribution in [1.82, 2.24) is 9.55 Å². The number of aromatic nitrogens is 2. The van der Waals surface area contributed by atoms with E-state index in [1.165, 1.54) is 5.56 Å². The third-order valence-electron chi connectivity index (χ3n) is 4.69. The molecule has 1 aromatic heterocycles. The van der Waals surface area contributed by atoms with Crippen molar-refractivity contribution in [3.63, 3.8) is 0 Å². The van der Waals surface area contributed by atoms with Gasteiger partial charge in [0.25, 0.3) is 5.91 Å². The van der Waals surface area contributed by atoms with E-state index in [0.717, 1.165) is 5.56 Å². The molecule has 3 aromatic rings. The first kappa shape index (κ1) is 20.3. The molecule has 0 aliphatic rings. The van der Waals surface area contributed by atoms with Gasteiger partial charge in [-0.2, -0.15) is 0 Å². The third-order valence-corrected chi connectivity index (χ3v) is 4.69. The van der Waals surface area contributed by atoms with Crippen LogP contribution >= 0.6 is 0 Å². The van der Waals surface area contributed by atoms with Crippen LogP contribution in [0.3, 0.4) is 0 Å². The van der Waals surface area contributed by atoms with E-state index < -0.39 is 0 Å². The lowest BCUT2D eigenvalue weighted by Gasteiger charge is -2.12. The summed E-state index contributed by atoms with van der Waals surface area (Å²) in [5, 5.41) is 2.77. The van der Waals surface area contributed by atoms with Crippen LogP contribution in [0.5, 0.6) is 5.75 Å². The van der Waals surface area contributed by atoms with Crippen LogP contribution in [0, 0.1) is 6.92 Å². The third kappa shape index (κ3) is 4.90. The van der Waals surface area contributed by atoms with Gasteiger partial charge in [0, 0.05) is 30.7 Å². The van der Waals surface area contributed by atoms with E-state index in [1.54, 1.807) is 48.3 Å². The fraction of sp³-hybridized carbons (Fsp3) is 0.261. The second-order valence-corrected chi connectivity index (χ2v) is 7.28. The van der Waals surface area contributed by atoms with E-state index in [9.17, 15) is 9.59 Å². The van der Waals surface area contributed by atoms with Crippen molar-refractivity contribution in [2.24, 2.45) is 7.05 Å². The van der Waals surface area contributed by atoms with Crippen LogP contribution < -0.4 is 10.1 Å². The number of nitrogens with one attached hydrogen (secondary N) is 1. The Morgan fingerprint density at radius 2 is 1.86 bits per heavy atom. The summed E-state index contributed by atoms with van der Waals surface area (Å²) in [6.07, 6.45) is 3.30. The molecule has 29 heavy (non-hydrogen) atoms. The van der Waals surface area contributed by atoms with Gasteiger partial charge >= 0.3 is 0 Å². The molecular formula is C23H25N3O3. The van der Waals surface area contributed by atoms with Crippen molar-refractivity contribution in [3.05, 3.63) is 77.4 Å². The Labute approximate surface area is 170 Å². The van der Waals surface area contributed by atoms with E-state index >= 15 is 0 Å². The molecule has 3 rings (SSSR count). The molecule has 0 aliphatic heterocycles. The van der Waals surface area contributed by atoms with E-state index in [-0.39, 0.29) is 18.3 Å². The Morgan fingerprint density at radius 3 is 2.45 bits per heavy atom. The standard InChI is InChI=1S/C23H25N3O3/c1-15(2)20-10-9-19(13-16(20)3)29-14-21(27)25-18-7-5-17(6-8-18)22(28)23-24-11-12-26(23)4/h5-13,15H,14H2,1-4H3,(H,25,27). The maximum atomic E-state index is 12.4. The quantitative estimate of drug-likeness (QED) is 0.616. The maximum absolute atomic E-state index is 12.4. The molecule has 0 radical (unpaired) electrons. The largest absolute Gasteiger partial charge is 0.484 e. The minimum Gasteiger partial charge on any atom is -0.484 e. The highest BCUT2D eigenvalue weighted by Crippen LogP contribution is 2.23. The summed E-state index contributed by atoms with van der Waals surface area (Å²) in [5.41, 5.74) is 3.52. The fourth-order valence-corrected chi connectivity index (χ4v) is 3.15. The highest BCUT2D eigenvalue weighted by Gasteiger charge is 2.14. The smallest absolute Gasteiger partial charge is 0.262 e. The summed E-state index contributed by atoms with van der Waals surface area (Å²) < 4.78 is 7.27. The van der Waals surface area contributed by atoms with Crippen LogP contribution in [0.15, 0.2) is 54.9 Å². The van der Waals surface area contributed by atoms with E-state index in [1.807, 2.05) is 25.1 Å². The van der Waals surface area contributed by atoms with Crippen LogP contribution in [-0.4, -0.2) is 27.8 Å². The van der Waals surface area contributed by atoms with Gasteiger partial charge in [-0.3, -0.25) is 9.59 Å². The number of aryl methyl sites for hydroxylation is 2. The molecule has 150 valence electrons. The predicted molar refractivity (Wildman–Crippen MR) is 112 cm³/mol. The molecular weight excluding hydrogens is 366 g/mol. The Bertz CT molecular complexity index is 1020. The van der Waals surface area contributed by atoms with Crippen molar-refractivity contribution in [2.75, 3.05) is 11.9 Å². The molecule has 0 spiro atoms. The highest BCUT2D eigenvalue weighted by molar-refractivity contribution is 6.07. The first-order valence-electron chi connectivity index (χ1n) is 9.50. The van der Waals surface area contributed by atoms with Crippen LogP contribution in [-0.2, 0) is 11.8 Å². The molecule has 1 heterocycles. The average molecular weight is 391 g/mol. The zero-order chi connectivity index (χ0) is 21.0. The van der Waals surface area contributed by atoms with Crippen molar-refractivity contribution < 1.29 is 14.3 Å². The predicted octanol–water partition coefficient (Wildman–Crippen LogP) is 4.10. The van der Waals surface area contributed by atoms with Gasteiger partial charge in [0.1, 0.15) is 5.75 Å². The number of hydrogen-bond donors (Lipinski definition) is 1. The van der Waals surface area contributed by atoms with Crippen molar-refractivity contribution in [2.45, 2.75) is 26.7 Å². The normalized spacial score (nSPS) is 10.8.